The van der Waals surface area contributed by atoms with Gasteiger partial charge in [-0.3, -0.25) is 9.69 Å². The Hall–Kier alpha value is -2.33. The number of anilines is 1. The lowest BCUT2D eigenvalue weighted by Gasteiger charge is -2.54. The fourth-order valence-corrected chi connectivity index (χ4v) is 6.33. The summed E-state index contributed by atoms with van der Waals surface area (Å²) in [5.74, 6) is 0.781. The van der Waals surface area contributed by atoms with Crippen LogP contribution in [0.15, 0.2) is 60.7 Å². The lowest BCUT2D eigenvalue weighted by molar-refractivity contribution is -0.126. The van der Waals surface area contributed by atoms with E-state index in [1.165, 1.54) is 31.2 Å². The number of amides is 1. The second-order valence-corrected chi connectivity index (χ2v) is 9.51. The molecule has 0 aromatic heterocycles. The Morgan fingerprint density at radius 3 is 2.27 bits per heavy atom. The molecule has 5 rings (SSSR count). The van der Waals surface area contributed by atoms with Crippen LogP contribution in [0.4, 0.5) is 5.69 Å². The van der Waals surface area contributed by atoms with Crippen LogP contribution in [-0.4, -0.2) is 41.6 Å². The Morgan fingerprint density at radius 1 is 0.900 bits per heavy atom. The predicted molar refractivity (Wildman–Crippen MR) is 122 cm³/mol. The molecular weight excluding hydrogens is 370 g/mol. The number of benzene rings is 2. The maximum absolute atomic E-state index is 13.0. The summed E-state index contributed by atoms with van der Waals surface area (Å²) in [4.78, 5) is 18.0. The summed E-state index contributed by atoms with van der Waals surface area (Å²) in [5.41, 5.74) is 2.40. The third-order valence-corrected chi connectivity index (χ3v) is 8.10. The van der Waals surface area contributed by atoms with E-state index in [2.05, 4.69) is 76.6 Å². The molecule has 2 atom stereocenters. The zero-order chi connectivity index (χ0) is 20.6. The van der Waals surface area contributed by atoms with Gasteiger partial charge in [-0.25, -0.2) is 0 Å². The van der Waals surface area contributed by atoms with Gasteiger partial charge in [0.15, 0.2) is 0 Å². The van der Waals surface area contributed by atoms with Crippen molar-refractivity contribution in [1.82, 2.24) is 10.2 Å². The molecule has 4 nitrogen and oxygen atoms in total. The van der Waals surface area contributed by atoms with Crippen molar-refractivity contribution < 1.29 is 4.79 Å². The van der Waals surface area contributed by atoms with Crippen LogP contribution in [0.25, 0.3) is 0 Å². The number of carbonyl (C=O) groups is 1. The minimum absolute atomic E-state index is 0.174. The Bertz CT molecular complexity index is 876. The Labute approximate surface area is 180 Å². The third kappa shape index (κ3) is 3.13. The van der Waals surface area contributed by atoms with Crippen LogP contribution in [0.1, 0.15) is 56.9 Å². The molecule has 3 aliphatic rings. The van der Waals surface area contributed by atoms with Crippen LogP contribution in [0.3, 0.4) is 0 Å². The molecule has 0 radical (unpaired) electrons. The number of hydrogen-bond donors (Lipinski definition) is 1. The average Bonchev–Trinajstić information content (AvgIpc) is 3.11. The molecule has 2 aromatic carbocycles. The molecule has 1 aliphatic carbocycles. The van der Waals surface area contributed by atoms with Gasteiger partial charge in [-0.05, 0) is 50.3 Å². The Morgan fingerprint density at radius 2 is 1.57 bits per heavy atom. The van der Waals surface area contributed by atoms with Crippen LogP contribution in [0.2, 0.25) is 0 Å². The number of likely N-dealkylation sites (tertiary alicyclic amines) is 1. The molecule has 3 fully saturated rings. The Kier molecular flexibility index (Phi) is 5.06. The number of piperidine rings is 1. The van der Waals surface area contributed by atoms with E-state index >= 15 is 0 Å². The fraction of sp³-hybridized carbons (Fsp3) is 0.500. The minimum Gasteiger partial charge on any atom is -0.339 e. The number of carbonyl (C=O) groups excluding carboxylic acids is 1. The summed E-state index contributed by atoms with van der Waals surface area (Å²) < 4.78 is 0. The van der Waals surface area contributed by atoms with E-state index in [-0.39, 0.29) is 11.4 Å². The molecule has 2 saturated heterocycles. The van der Waals surface area contributed by atoms with E-state index < -0.39 is 5.54 Å². The van der Waals surface area contributed by atoms with Gasteiger partial charge < -0.3 is 10.2 Å². The number of rotatable bonds is 3. The molecule has 2 unspecified atom stereocenters. The van der Waals surface area contributed by atoms with Crippen molar-refractivity contribution >= 4 is 11.6 Å². The highest BCUT2D eigenvalue weighted by Gasteiger charge is 2.53. The molecule has 1 amide bonds. The topological polar surface area (TPSA) is 35.6 Å². The average molecular weight is 404 g/mol. The van der Waals surface area contributed by atoms with Crippen molar-refractivity contribution in [1.29, 1.82) is 0 Å². The van der Waals surface area contributed by atoms with Crippen LogP contribution < -0.4 is 10.2 Å². The van der Waals surface area contributed by atoms with E-state index in [1.807, 2.05) is 6.07 Å². The van der Waals surface area contributed by atoms with Gasteiger partial charge >= 0.3 is 0 Å². The van der Waals surface area contributed by atoms with Crippen LogP contribution >= 0.6 is 0 Å². The highest BCUT2D eigenvalue weighted by Crippen LogP contribution is 2.47. The number of para-hydroxylation sites is 1. The number of nitrogens with one attached hydrogen (secondary N) is 1. The quantitative estimate of drug-likeness (QED) is 0.818. The zero-order valence-corrected chi connectivity index (χ0v) is 18.0. The molecule has 0 bridgehead atoms. The van der Waals surface area contributed by atoms with Crippen molar-refractivity contribution in [3.63, 3.8) is 0 Å². The molecule has 2 aromatic rings. The van der Waals surface area contributed by atoms with Gasteiger partial charge in [0.05, 0.1) is 6.67 Å². The van der Waals surface area contributed by atoms with Crippen molar-refractivity contribution in [3.05, 3.63) is 66.2 Å². The lowest BCUT2D eigenvalue weighted by Crippen LogP contribution is -2.62. The largest absolute Gasteiger partial charge is 0.339 e. The van der Waals surface area contributed by atoms with E-state index in [0.29, 0.717) is 12.6 Å². The van der Waals surface area contributed by atoms with Gasteiger partial charge in [0, 0.05) is 30.2 Å². The van der Waals surface area contributed by atoms with Crippen molar-refractivity contribution in [2.75, 3.05) is 24.7 Å². The molecule has 30 heavy (non-hydrogen) atoms. The SMILES string of the molecule is CC1(N2CCC3(CC2)C(=O)NCN3c2ccccc2)CCCCC1c1ccccc1. The normalized spacial score (nSPS) is 29.2. The molecule has 4 heteroatoms. The molecular formula is C26H33N3O. The van der Waals surface area contributed by atoms with E-state index in [4.69, 9.17) is 0 Å². The van der Waals surface area contributed by atoms with Crippen LogP contribution in [0, 0.1) is 0 Å². The van der Waals surface area contributed by atoms with Gasteiger partial charge in [0.1, 0.15) is 5.54 Å². The highest BCUT2D eigenvalue weighted by molar-refractivity contribution is 5.93. The van der Waals surface area contributed by atoms with Crippen LogP contribution in [0.5, 0.6) is 0 Å². The fourth-order valence-electron chi connectivity index (χ4n) is 6.33. The van der Waals surface area contributed by atoms with Gasteiger partial charge in [-0.2, -0.15) is 0 Å². The summed E-state index contributed by atoms with van der Waals surface area (Å²) >= 11 is 0. The summed E-state index contributed by atoms with van der Waals surface area (Å²) in [7, 11) is 0. The molecule has 2 aliphatic heterocycles. The minimum atomic E-state index is -0.398. The summed E-state index contributed by atoms with van der Waals surface area (Å²) in [5, 5.41) is 3.14. The highest BCUT2D eigenvalue weighted by atomic mass is 16.2. The van der Waals surface area contributed by atoms with Gasteiger partial charge in [0.2, 0.25) is 5.91 Å². The smallest absolute Gasteiger partial charge is 0.247 e. The van der Waals surface area contributed by atoms with Gasteiger partial charge in [0.25, 0.3) is 0 Å². The molecule has 158 valence electrons. The summed E-state index contributed by atoms with van der Waals surface area (Å²) in [6.07, 6.45) is 6.91. The maximum atomic E-state index is 13.0. The van der Waals surface area contributed by atoms with Crippen molar-refractivity contribution in [2.45, 2.75) is 62.4 Å². The summed E-state index contributed by atoms with van der Waals surface area (Å²) in [6, 6.07) is 21.5. The van der Waals surface area contributed by atoms with E-state index in [9.17, 15) is 4.79 Å². The monoisotopic (exact) mass is 403 g/mol. The maximum Gasteiger partial charge on any atom is 0.247 e. The van der Waals surface area contributed by atoms with Crippen molar-refractivity contribution in [3.8, 4) is 0 Å². The van der Waals surface area contributed by atoms with Gasteiger partial charge in [-0.15, -0.1) is 0 Å². The van der Waals surface area contributed by atoms with E-state index in [1.54, 1.807) is 0 Å². The standard InChI is InChI=1S/C26H33N3O/c1-25(15-9-8-14-23(25)21-10-4-2-5-11-21)28-18-16-26(17-19-28)24(30)27-20-29(26)22-12-6-3-7-13-22/h2-7,10-13,23H,8-9,14-20H2,1H3,(H,27,30). The first-order valence-corrected chi connectivity index (χ1v) is 11.5. The second-order valence-electron chi connectivity index (χ2n) is 9.51. The summed E-state index contributed by atoms with van der Waals surface area (Å²) in [6.45, 7) is 5.06. The van der Waals surface area contributed by atoms with Crippen molar-refractivity contribution in [2.24, 2.45) is 0 Å². The predicted octanol–water partition coefficient (Wildman–Crippen LogP) is 4.53. The van der Waals surface area contributed by atoms with Crippen LogP contribution in [-0.2, 0) is 4.79 Å². The lowest BCUT2D eigenvalue weighted by atomic mass is 9.68. The molecule has 1 saturated carbocycles. The molecule has 1 N–H and O–H groups in total. The molecule has 2 heterocycles. The van der Waals surface area contributed by atoms with E-state index in [0.717, 1.165) is 31.6 Å². The second kappa shape index (κ2) is 7.73. The Balaban J connectivity index is 1.38. The molecule has 1 spiro atoms. The third-order valence-electron chi connectivity index (χ3n) is 8.10. The first-order chi connectivity index (χ1) is 14.6. The van der Waals surface area contributed by atoms with Gasteiger partial charge in [-0.1, -0.05) is 61.4 Å². The number of nitrogens with zero attached hydrogens (tertiary/aromatic N) is 2. The number of hydrogen-bond acceptors (Lipinski definition) is 3. The first kappa shape index (κ1) is 19.6. The first-order valence-electron chi connectivity index (χ1n) is 11.5. The zero-order valence-electron chi connectivity index (χ0n) is 18.0.